The van der Waals surface area contributed by atoms with Crippen molar-refractivity contribution in [3.05, 3.63) is 58.3 Å². The molecule has 0 atom stereocenters. The number of aliphatic imine (C=N–C) groups is 1. The number of anilines is 1. The quantitative estimate of drug-likeness (QED) is 0.709. The lowest BCUT2D eigenvalue weighted by molar-refractivity contribution is 0.102. The highest BCUT2D eigenvalue weighted by atomic mass is 79.9. The van der Waals surface area contributed by atoms with Crippen molar-refractivity contribution in [3.8, 4) is 0 Å². The second-order valence-corrected chi connectivity index (χ2v) is 8.98. The predicted molar refractivity (Wildman–Crippen MR) is 110 cm³/mol. The first kappa shape index (κ1) is 20.5. The van der Waals surface area contributed by atoms with Crippen LogP contribution in [0.1, 0.15) is 36.0 Å². The fourth-order valence-electron chi connectivity index (χ4n) is 2.78. The van der Waals surface area contributed by atoms with Crippen molar-refractivity contribution >= 4 is 43.4 Å². The molecular formula is C19H19BrFN3O3S. The molecule has 0 aliphatic carbocycles. The topological polar surface area (TPSA) is 87.6 Å². The lowest BCUT2D eigenvalue weighted by Crippen LogP contribution is -2.30. The van der Waals surface area contributed by atoms with E-state index < -0.39 is 21.7 Å². The molecule has 0 aromatic heterocycles. The van der Waals surface area contributed by atoms with Crippen LogP contribution in [-0.4, -0.2) is 26.7 Å². The monoisotopic (exact) mass is 467 g/mol. The van der Waals surface area contributed by atoms with Gasteiger partial charge in [0.1, 0.15) is 11.7 Å². The van der Waals surface area contributed by atoms with Gasteiger partial charge >= 0.3 is 0 Å². The first-order valence-corrected chi connectivity index (χ1v) is 11.0. The highest BCUT2D eigenvalue weighted by Crippen LogP contribution is 2.18. The molecule has 2 aromatic rings. The molecule has 3 rings (SSSR count). The standard InChI is InChI=1S/C19H19BrFN3O3S/c20-14-10-13(11-15(21)12-14)19(25)23-16-5-7-17(8-6-16)28(26,27)24-18-4-2-1-3-9-22-18/h5-8,10-12H,1-4,9H2,(H,22,24)(H,23,25). The molecule has 0 saturated heterocycles. The number of carbonyl (C=O) groups is 1. The molecule has 0 spiro atoms. The molecule has 1 heterocycles. The number of hydrogen-bond acceptors (Lipinski definition) is 4. The summed E-state index contributed by atoms with van der Waals surface area (Å²) >= 11 is 3.14. The maximum atomic E-state index is 13.4. The largest absolute Gasteiger partial charge is 0.322 e. The third-order valence-corrected chi connectivity index (χ3v) is 6.03. The number of halogens is 2. The average Bonchev–Trinajstić information content (AvgIpc) is 2.89. The van der Waals surface area contributed by atoms with Crippen LogP contribution in [0.5, 0.6) is 0 Å². The molecular weight excluding hydrogens is 449 g/mol. The zero-order chi connectivity index (χ0) is 20.1. The summed E-state index contributed by atoms with van der Waals surface area (Å²) in [5, 5.41) is 2.62. The second-order valence-electron chi connectivity index (χ2n) is 6.38. The summed E-state index contributed by atoms with van der Waals surface area (Å²) in [6, 6.07) is 9.63. The normalized spacial score (nSPS) is 14.7. The van der Waals surface area contributed by atoms with Gasteiger partial charge in [-0.3, -0.25) is 14.5 Å². The van der Waals surface area contributed by atoms with Crippen LogP contribution in [0.3, 0.4) is 0 Å². The molecule has 0 fully saturated rings. The minimum atomic E-state index is -3.73. The van der Waals surface area contributed by atoms with Gasteiger partial charge in [0.25, 0.3) is 15.9 Å². The van der Waals surface area contributed by atoms with E-state index in [1.807, 2.05) is 0 Å². The highest BCUT2D eigenvalue weighted by molar-refractivity contribution is 9.10. The third kappa shape index (κ3) is 5.39. The molecule has 1 amide bonds. The average molecular weight is 468 g/mol. The molecule has 9 heteroatoms. The van der Waals surface area contributed by atoms with E-state index in [0.29, 0.717) is 29.0 Å². The summed E-state index contributed by atoms with van der Waals surface area (Å²) in [5.41, 5.74) is 0.549. The molecule has 2 aromatic carbocycles. The Bertz CT molecular complexity index is 987. The number of carbonyl (C=O) groups excluding carboxylic acids is 1. The number of nitrogens with zero attached hydrogens (tertiary/aromatic N) is 1. The number of amidine groups is 1. The van der Waals surface area contributed by atoms with E-state index >= 15 is 0 Å². The van der Waals surface area contributed by atoms with Crippen LogP contribution in [0.25, 0.3) is 0 Å². The van der Waals surface area contributed by atoms with Crippen LogP contribution in [0.2, 0.25) is 0 Å². The summed E-state index contributed by atoms with van der Waals surface area (Å²) in [6.45, 7) is 0.624. The van der Waals surface area contributed by atoms with Crippen LogP contribution in [0, 0.1) is 5.82 Å². The molecule has 1 aliphatic rings. The van der Waals surface area contributed by atoms with Gasteiger partial charge in [0, 0.05) is 28.7 Å². The Morgan fingerprint density at radius 1 is 1.07 bits per heavy atom. The molecule has 0 unspecified atom stereocenters. The number of sulfonamides is 1. The molecule has 148 valence electrons. The summed E-state index contributed by atoms with van der Waals surface area (Å²) in [5.74, 6) is -0.554. The van der Waals surface area contributed by atoms with Crippen molar-refractivity contribution < 1.29 is 17.6 Å². The smallest absolute Gasteiger partial charge is 0.262 e. The van der Waals surface area contributed by atoms with Crippen molar-refractivity contribution in [2.45, 2.75) is 30.6 Å². The number of hydrogen-bond donors (Lipinski definition) is 2. The summed E-state index contributed by atoms with van der Waals surface area (Å²) in [7, 11) is -3.73. The van der Waals surface area contributed by atoms with Gasteiger partial charge in [-0.1, -0.05) is 22.4 Å². The van der Waals surface area contributed by atoms with Gasteiger partial charge in [-0.15, -0.1) is 0 Å². The van der Waals surface area contributed by atoms with Gasteiger partial charge in [-0.2, -0.15) is 0 Å². The van der Waals surface area contributed by atoms with Crippen LogP contribution < -0.4 is 10.0 Å². The van der Waals surface area contributed by atoms with Gasteiger partial charge in [0.05, 0.1) is 4.90 Å². The number of benzene rings is 2. The van der Waals surface area contributed by atoms with E-state index in [0.717, 1.165) is 25.3 Å². The molecule has 0 bridgehead atoms. The van der Waals surface area contributed by atoms with E-state index in [1.54, 1.807) is 0 Å². The Labute approximate surface area is 171 Å². The first-order valence-electron chi connectivity index (χ1n) is 8.77. The van der Waals surface area contributed by atoms with Gasteiger partial charge in [-0.25, -0.2) is 12.8 Å². The maximum Gasteiger partial charge on any atom is 0.262 e. The van der Waals surface area contributed by atoms with Gasteiger partial charge in [0.15, 0.2) is 0 Å². The minimum absolute atomic E-state index is 0.0749. The van der Waals surface area contributed by atoms with Crippen molar-refractivity contribution in [2.75, 3.05) is 11.9 Å². The Morgan fingerprint density at radius 3 is 2.54 bits per heavy atom. The van der Waals surface area contributed by atoms with E-state index in [2.05, 4.69) is 31.0 Å². The summed E-state index contributed by atoms with van der Waals surface area (Å²) < 4.78 is 41.5. The number of amides is 1. The Morgan fingerprint density at radius 2 is 1.82 bits per heavy atom. The molecule has 6 nitrogen and oxygen atoms in total. The van der Waals surface area contributed by atoms with Crippen LogP contribution >= 0.6 is 15.9 Å². The zero-order valence-corrected chi connectivity index (χ0v) is 17.3. The summed E-state index contributed by atoms with van der Waals surface area (Å²) in [6.07, 6.45) is 3.51. The fourth-order valence-corrected chi connectivity index (χ4v) is 4.33. The predicted octanol–water partition coefficient (Wildman–Crippen LogP) is 4.09. The molecule has 2 N–H and O–H groups in total. The first-order chi connectivity index (χ1) is 13.3. The Balaban J connectivity index is 1.70. The van der Waals surface area contributed by atoms with Crippen molar-refractivity contribution in [1.29, 1.82) is 0 Å². The van der Waals surface area contributed by atoms with Crippen LogP contribution in [0.15, 0.2) is 56.8 Å². The van der Waals surface area contributed by atoms with E-state index in [1.165, 1.54) is 36.4 Å². The van der Waals surface area contributed by atoms with E-state index in [9.17, 15) is 17.6 Å². The number of rotatable bonds is 4. The van der Waals surface area contributed by atoms with E-state index in [-0.39, 0.29) is 10.5 Å². The molecule has 1 aliphatic heterocycles. The van der Waals surface area contributed by atoms with Crippen LogP contribution in [0.4, 0.5) is 10.1 Å². The zero-order valence-electron chi connectivity index (χ0n) is 14.9. The van der Waals surface area contributed by atoms with Gasteiger partial charge in [0.2, 0.25) is 0 Å². The fraction of sp³-hybridized carbons (Fsp3) is 0.263. The Kier molecular flexibility index (Phi) is 6.46. The van der Waals surface area contributed by atoms with Crippen LogP contribution in [-0.2, 0) is 10.0 Å². The van der Waals surface area contributed by atoms with E-state index in [4.69, 9.17) is 0 Å². The lowest BCUT2D eigenvalue weighted by Gasteiger charge is -2.11. The summed E-state index contributed by atoms with van der Waals surface area (Å²) in [4.78, 5) is 16.6. The molecule has 28 heavy (non-hydrogen) atoms. The molecule has 0 radical (unpaired) electrons. The van der Waals surface area contributed by atoms with Crippen molar-refractivity contribution in [3.63, 3.8) is 0 Å². The van der Waals surface area contributed by atoms with Crippen molar-refractivity contribution in [1.82, 2.24) is 4.72 Å². The second kappa shape index (κ2) is 8.83. The number of nitrogens with one attached hydrogen (secondary N) is 2. The van der Waals surface area contributed by atoms with Gasteiger partial charge in [-0.05, 0) is 55.3 Å². The SMILES string of the molecule is O=C(Nc1ccc(S(=O)(=O)NC2=NCCCCC2)cc1)c1cc(F)cc(Br)c1. The van der Waals surface area contributed by atoms with Gasteiger partial charge < -0.3 is 5.32 Å². The minimum Gasteiger partial charge on any atom is -0.322 e. The highest BCUT2D eigenvalue weighted by Gasteiger charge is 2.17. The lowest BCUT2D eigenvalue weighted by atomic mass is 10.2. The molecule has 0 saturated carbocycles. The third-order valence-electron chi connectivity index (χ3n) is 4.17. The maximum absolute atomic E-state index is 13.4. The van der Waals surface area contributed by atoms with Crippen molar-refractivity contribution in [2.24, 2.45) is 4.99 Å². The Hall–Kier alpha value is -2.26.